The van der Waals surface area contributed by atoms with E-state index in [-0.39, 0.29) is 5.54 Å². The van der Waals surface area contributed by atoms with Gasteiger partial charge in [-0.2, -0.15) is 0 Å². The summed E-state index contributed by atoms with van der Waals surface area (Å²) >= 11 is 1.92. The lowest BCUT2D eigenvalue weighted by molar-refractivity contribution is 0.0652. The lowest BCUT2D eigenvalue weighted by Crippen LogP contribution is -2.55. The van der Waals surface area contributed by atoms with Gasteiger partial charge in [0.15, 0.2) is 0 Å². The Balaban J connectivity index is 1.76. The first-order valence-electron chi connectivity index (χ1n) is 8.00. The first-order valence-corrected chi connectivity index (χ1v) is 8.88. The summed E-state index contributed by atoms with van der Waals surface area (Å²) in [6, 6.07) is 2.31. The zero-order valence-electron chi connectivity index (χ0n) is 12.6. The van der Waals surface area contributed by atoms with E-state index in [1.54, 1.807) is 10.4 Å². The fourth-order valence-electron chi connectivity index (χ4n) is 3.85. The molecule has 0 aliphatic carbocycles. The summed E-state index contributed by atoms with van der Waals surface area (Å²) in [7, 11) is 0. The van der Waals surface area contributed by atoms with Gasteiger partial charge in [-0.15, -0.1) is 11.3 Å². The van der Waals surface area contributed by atoms with Crippen molar-refractivity contribution in [2.45, 2.75) is 44.7 Å². The Bertz CT molecular complexity index is 445. The molecule has 112 valence electrons. The molecule has 0 aromatic carbocycles. The van der Waals surface area contributed by atoms with E-state index in [4.69, 9.17) is 5.73 Å². The van der Waals surface area contributed by atoms with Crippen molar-refractivity contribution in [2.75, 3.05) is 32.7 Å². The van der Waals surface area contributed by atoms with Gasteiger partial charge in [0.2, 0.25) is 0 Å². The highest BCUT2D eigenvalue weighted by molar-refractivity contribution is 7.10. The van der Waals surface area contributed by atoms with E-state index in [9.17, 15) is 0 Å². The lowest BCUT2D eigenvalue weighted by Gasteiger charge is -2.45. The molecule has 3 rings (SSSR count). The van der Waals surface area contributed by atoms with Crippen molar-refractivity contribution in [2.24, 2.45) is 5.73 Å². The maximum absolute atomic E-state index is 6.26. The highest BCUT2D eigenvalue weighted by Crippen LogP contribution is 2.34. The van der Waals surface area contributed by atoms with Crippen LogP contribution in [-0.4, -0.2) is 48.1 Å². The monoisotopic (exact) mass is 293 g/mol. The second-order valence-corrected chi connectivity index (χ2v) is 7.26. The number of rotatable bonds is 3. The molecule has 4 heteroatoms. The average molecular weight is 293 g/mol. The molecule has 1 fully saturated rings. The third-order valence-electron chi connectivity index (χ3n) is 5.32. The molecule has 0 spiro atoms. The molecule has 0 radical (unpaired) electrons. The summed E-state index contributed by atoms with van der Waals surface area (Å²) in [5.41, 5.74) is 8.05. The van der Waals surface area contributed by atoms with Crippen LogP contribution in [0.3, 0.4) is 0 Å². The molecule has 0 bridgehead atoms. The predicted molar refractivity (Wildman–Crippen MR) is 86.2 cm³/mol. The van der Waals surface area contributed by atoms with E-state index in [1.807, 2.05) is 11.3 Å². The second-order valence-electron chi connectivity index (χ2n) is 6.26. The topological polar surface area (TPSA) is 32.5 Å². The van der Waals surface area contributed by atoms with E-state index in [0.717, 1.165) is 13.1 Å². The number of nitrogens with zero attached hydrogens (tertiary/aromatic N) is 2. The lowest BCUT2D eigenvalue weighted by atomic mass is 9.86. The van der Waals surface area contributed by atoms with Gasteiger partial charge < -0.3 is 10.6 Å². The van der Waals surface area contributed by atoms with E-state index in [1.165, 1.54) is 51.9 Å². The second kappa shape index (κ2) is 6.14. The van der Waals surface area contributed by atoms with E-state index in [0.29, 0.717) is 0 Å². The van der Waals surface area contributed by atoms with Crippen LogP contribution < -0.4 is 5.73 Å². The van der Waals surface area contributed by atoms with Crippen LogP contribution in [0, 0.1) is 0 Å². The van der Waals surface area contributed by atoms with Crippen LogP contribution in [0.2, 0.25) is 0 Å². The Morgan fingerprint density at radius 3 is 3.00 bits per heavy atom. The fourth-order valence-corrected chi connectivity index (χ4v) is 4.74. The Labute approximate surface area is 126 Å². The molecule has 1 aromatic rings. The largest absolute Gasteiger partial charge is 0.329 e. The van der Waals surface area contributed by atoms with Crippen molar-refractivity contribution in [1.29, 1.82) is 0 Å². The number of hydrogen-bond donors (Lipinski definition) is 1. The van der Waals surface area contributed by atoms with Crippen LogP contribution in [0.25, 0.3) is 0 Å². The van der Waals surface area contributed by atoms with Gasteiger partial charge in [0.05, 0.1) is 0 Å². The van der Waals surface area contributed by atoms with Gasteiger partial charge >= 0.3 is 0 Å². The Kier molecular flexibility index (Phi) is 4.46. The molecule has 2 aliphatic rings. The van der Waals surface area contributed by atoms with Crippen LogP contribution in [0.4, 0.5) is 0 Å². The molecular weight excluding hydrogens is 266 g/mol. The Morgan fingerprint density at radius 2 is 2.20 bits per heavy atom. The molecule has 1 unspecified atom stereocenters. The van der Waals surface area contributed by atoms with Crippen molar-refractivity contribution in [3.05, 3.63) is 21.9 Å². The van der Waals surface area contributed by atoms with Crippen LogP contribution >= 0.6 is 11.3 Å². The third kappa shape index (κ3) is 2.67. The van der Waals surface area contributed by atoms with Gasteiger partial charge in [0, 0.05) is 30.1 Å². The summed E-state index contributed by atoms with van der Waals surface area (Å²) in [5, 5.41) is 2.25. The standard InChI is InChI=1S/C16H27N3S/c1-2-18-8-3-6-16(13-17,7-10-18)19-9-4-15-14(12-19)5-11-20-15/h5,11H,2-4,6-10,12-13,17H2,1H3. The van der Waals surface area contributed by atoms with Gasteiger partial charge in [0.1, 0.15) is 0 Å². The van der Waals surface area contributed by atoms with E-state index in [2.05, 4.69) is 28.2 Å². The van der Waals surface area contributed by atoms with Crippen LogP contribution in [0.1, 0.15) is 36.6 Å². The highest BCUT2D eigenvalue weighted by Gasteiger charge is 2.38. The van der Waals surface area contributed by atoms with Crippen LogP contribution in [-0.2, 0) is 13.0 Å². The normalized spacial score (nSPS) is 29.1. The first kappa shape index (κ1) is 14.5. The minimum atomic E-state index is 0.240. The quantitative estimate of drug-likeness (QED) is 0.928. The zero-order valence-corrected chi connectivity index (χ0v) is 13.4. The molecule has 1 saturated heterocycles. The van der Waals surface area contributed by atoms with Gasteiger partial charge in [-0.05, 0) is 62.3 Å². The molecule has 1 atom stereocenters. The SMILES string of the molecule is CCN1CCCC(CN)(N2CCc3sccc3C2)CC1. The maximum atomic E-state index is 6.26. The Morgan fingerprint density at radius 1 is 1.30 bits per heavy atom. The zero-order chi connectivity index (χ0) is 14.0. The number of nitrogens with two attached hydrogens (primary N) is 1. The minimum absolute atomic E-state index is 0.240. The fraction of sp³-hybridized carbons (Fsp3) is 0.750. The van der Waals surface area contributed by atoms with E-state index < -0.39 is 0 Å². The number of likely N-dealkylation sites (tertiary alicyclic amines) is 1. The Hall–Kier alpha value is -0.420. The number of hydrogen-bond acceptors (Lipinski definition) is 4. The molecule has 3 nitrogen and oxygen atoms in total. The highest BCUT2D eigenvalue weighted by atomic mass is 32.1. The summed E-state index contributed by atoms with van der Waals surface area (Å²) in [6.45, 7) is 9.02. The van der Waals surface area contributed by atoms with Gasteiger partial charge in [-0.3, -0.25) is 4.90 Å². The van der Waals surface area contributed by atoms with Gasteiger partial charge in [0.25, 0.3) is 0 Å². The van der Waals surface area contributed by atoms with Crippen molar-refractivity contribution >= 4 is 11.3 Å². The molecule has 0 amide bonds. The van der Waals surface area contributed by atoms with Gasteiger partial charge in [-0.25, -0.2) is 0 Å². The number of thiophene rings is 1. The van der Waals surface area contributed by atoms with Crippen molar-refractivity contribution in [1.82, 2.24) is 9.80 Å². The molecule has 1 aromatic heterocycles. The van der Waals surface area contributed by atoms with Crippen molar-refractivity contribution in [3.8, 4) is 0 Å². The summed E-state index contributed by atoms with van der Waals surface area (Å²) in [5.74, 6) is 0. The summed E-state index contributed by atoms with van der Waals surface area (Å²) in [4.78, 5) is 6.87. The molecule has 0 saturated carbocycles. The van der Waals surface area contributed by atoms with Crippen molar-refractivity contribution < 1.29 is 0 Å². The molecular formula is C16H27N3S. The van der Waals surface area contributed by atoms with E-state index >= 15 is 0 Å². The minimum Gasteiger partial charge on any atom is -0.329 e. The summed E-state index contributed by atoms with van der Waals surface area (Å²) < 4.78 is 0. The maximum Gasteiger partial charge on any atom is 0.0348 e. The molecule has 3 heterocycles. The third-order valence-corrected chi connectivity index (χ3v) is 6.34. The smallest absolute Gasteiger partial charge is 0.0348 e. The van der Waals surface area contributed by atoms with Gasteiger partial charge in [-0.1, -0.05) is 6.92 Å². The van der Waals surface area contributed by atoms with Crippen LogP contribution in [0.5, 0.6) is 0 Å². The van der Waals surface area contributed by atoms with Crippen LogP contribution in [0.15, 0.2) is 11.4 Å². The number of fused-ring (bicyclic) bond motifs is 1. The average Bonchev–Trinajstić information content (AvgIpc) is 2.85. The molecule has 2 aliphatic heterocycles. The van der Waals surface area contributed by atoms with Crippen molar-refractivity contribution in [3.63, 3.8) is 0 Å². The molecule has 20 heavy (non-hydrogen) atoms. The summed E-state index contributed by atoms with van der Waals surface area (Å²) in [6.07, 6.45) is 5.00. The molecule has 2 N–H and O–H groups in total. The first-order chi connectivity index (χ1) is 9.77. The predicted octanol–water partition coefficient (Wildman–Crippen LogP) is 2.31.